The van der Waals surface area contributed by atoms with Gasteiger partial charge in [0, 0.05) is 19.6 Å². The topological polar surface area (TPSA) is 92.3 Å². The summed E-state index contributed by atoms with van der Waals surface area (Å²) >= 11 is 1.13. The molecule has 0 aliphatic carbocycles. The van der Waals surface area contributed by atoms with Crippen molar-refractivity contribution in [3.63, 3.8) is 0 Å². The number of aryl methyl sites for hydroxylation is 1. The van der Waals surface area contributed by atoms with Crippen LogP contribution in [0.25, 0.3) is 0 Å². The first-order valence-corrected chi connectivity index (χ1v) is 10.3. The highest BCUT2D eigenvalue weighted by Gasteiger charge is 2.26. The van der Waals surface area contributed by atoms with Crippen LogP contribution in [0, 0.1) is 18.8 Å². The highest BCUT2D eigenvalue weighted by Crippen LogP contribution is 2.20. The molecule has 1 aromatic heterocycles. The van der Waals surface area contributed by atoms with Crippen LogP contribution in [-0.2, 0) is 10.0 Å². The molecule has 0 spiro atoms. The van der Waals surface area contributed by atoms with Gasteiger partial charge in [0.05, 0.1) is 11.4 Å². The van der Waals surface area contributed by atoms with Crippen LogP contribution < -0.4 is 4.72 Å². The van der Waals surface area contributed by atoms with E-state index in [4.69, 9.17) is 0 Å². The first-order valence-electron chi connectivity index (χ1n) is 7.84. The number of likely N-dealkylation sites (tertiary alicyclic amines) is 1. The molecule has 2 rings (SSSR count). The van der Waals surface area contributed by atoms with Crippen LogP contribution in [0.2, 0.25) is 0 Å². The first-order chi connectivity index (χ1) is 10.8. The maximum Gasteiger partial charge on any atom is 0.267 e. The van der Waals surface area contributed by atoms with E-state index in [-0.39, 0.29) is 23.5 Å². The average Bonchev–Trinajstić information content (AvgIpc) is 2.90. The molecule has 1 amide bonds. The average molecular weight is 361 g/mol. The molecule has 130 valence electrons. The van der Waals surface area contributed by atoms with Gasteiger partial charge in [-0.05, 0) is 43.1 Å². The van der Waals surface area contributed by atoms with E-state index < -0.39 is 10.0 Å². The van der Waals surface area contributed by atoms with Crippen LogP contribution in [0.5, 0.6) is 0 Å². The zero-order valence-electron chi connectivity index (χ0n) is 13.8. The SMILES string of the molecule is Cc1nnsc1C(=O)N1CCC(CNS(=O)(=O)CC(C)C)CC1. The number of rotatable bonds is 6. The summed E-state index contributed by atoms with van der Waals surface area (Å²) in [6, 6.07) is 0. The van der Waals surface area contributed by atoms with Crippen molar-refractivity contribution in [3.8, 4) is 0 Å². The van der Waals surface area contributed by atoms with E-state index in [9.17, 15) is 13.2 Å². The summed E-state index contributed by atoms with van der Waals surface area (Å²) in [6.07, 6.45) is 1.61. The molecule has 1 N–H and O–H groups in total. The van der Waals surface area contributed by atoms with Crippen LogP contribution in [-0.4, -0.2) is 54.2 Å². The van der Waals surface area contributed by atoms with Gasteiger partial charge < -0.3 is 4.90 Å². The predicted octanol–water partition coefficient (Wildman–Crippen LogP) is 1.27. The summed E-state index contributed by atoms with van der Waals surface area (Å²) in [7, 11) is -3.20. The second-order valence-electron chi connectivity index (χ2n) is 6.45. The van der Waals surface area contributed by atoms with Crippen molar-refractivity contribution in [2.45, 2.75) is 33.6 Å². The first kappa shape index (κ1) is 18.3. The van der Waals surface area contributed by atoms with Crippen LogP contribution in [0.1, 0.15) is 42.1 Å². The van der Waals surface area contributed by atoms with E-state index in [1.54, 1.807) is 11.8 Å². The Labute approximate surface area is 141 Å². The molecule has 7 nitrogen and oxygen atoms in total. The number of piperidine rings is 1. The minimum Gasteiger partial charge on any atom is -0.338 e. The fourth-order valence-electron chi connectivity index (χ4n) is 2.65. The zero-order valence-corrected chi connectivity index (χ0v) is 15.4. The highest BCUT2D eigenvalue weighted by molar-refractivity contribution is 7.89. The number of nitrogens with one attached hydrogen (secondary N) is 1. The Morgan fingerprint density at radius 2 is 2.04 bits per heavy atom. The third-order valence-electron chi connectivity index (χ3n) is 3.89. The largest absolute Gasteiger partial charge is 0.338 e. The molecule has 1 aromatic rings. The van der Waals surface area contributed by atoms with Gasteiger partial charge in [0.2, 0.25) is 10.0 Å². The van der Waals surface area contributed by atoms with Crippen molar-refractivity contribution in [3.05, 3.63) is 10.6 Å². The van der Waals surface area contributed by atoms with Gasteiger partial charge in [0.25, 0.3) is 5.91 Å². The van der Waals surface area contributed by atoms with Crippen molar-refractivity contribution >= 4 is 27.5 Å². The summed E-state index contributed by atoms with van der Waals surface area (Å²) in [5.74, 6) is 0.531. The number of hydrogen-bond donors (Lipinski definition) is 1. The van der Waals surface area contributed by atoms with Crippen molar-refractivity contribution in [1.82, 2.24) is 19.2 Å². The Kier molecular flexibility index (Phi) is 6.10. The van der Waals surface area contributed by atoms with E-state index in [1.165, 1.54) is 0 Å². The molecule has 0 unspecified atom stereocenters. The van der Waals surface area contributed by atoms with Crippen molar-refractivity contribution in [1.29, 1.82) is 0 Å². The molecule has 1 aliphatic heterocycles. The summed E-state index contributed by atoms with van der Waals surface area (Å²) in [6.45, 7) is 7.31. The molecule has 0 atom stereocenters. The molecular weight excluding hydrogens is 336 g/mol. The quantitative estimate of drug-likeness (QED) is 0.825. The molecule has 1 fully saturated rings. The van der Waals surface area contributed by atoms with Gasteiger partial charge in [-0.1, -0.05) is 18.3 Å². The number of carbonyl (C=O) groups excluding carboxylic acids is 1. The number of carbonyl (C=O) groups is 1. The normalized spacial score (nSPS) is 17.0. The molecule has 0 aromatic carbocycles. The lowest BCUT2D eigenvalue weighted by Gasteiger charge is -2.31. The lowest BCUT2D eigenvalue weighted by atomic mass is 9.97. The van der Waals surface area contributed by atoms with Gasteiger partial charge in [-0.2, -0.15) is 0 Å². The summed E-state index contributed by atoms with van der Waals surface area (Å²) < 4.78 is 30.2. The van der Waals surface area contributed by atoms with Gasteiger partial charge in [-0.3, -0.25) is 4.79 Å². The number of amides is 1. The second kappa shape index (κ2) is 7.67. The number of sulfonamides is 1. The third-order valence-corrected chi connectivity index (χ3v) is 6.42. The molecule has 0 bridgehead atoms. The van der Waals surface area contributed by atoms with Gasteiger partial charge in [-0.15, -0.1) is 5.10 Å². The summed E-state index contributed by atoms with van der Waals surface area (Å²) in [4.78, 5) is 14.8. The van der Waals surface area contributed by atoms with Crippen molar-refractivity contribution < 1.29 is 13.2 Å². The van der Waals surface area contributed by atoms with E-state index in [1.807, 2.05) is 13.8 Å². The maximum absolute atomic E-state index is 12.4. The Hall–Kier alpha value is -1.06. The molecule has 1 saturated heterocycles. The molecule has 2 heterocycles. The monoisotopic (exact) mass is 360 g/mol. The lowest BCUT2D eigenvalue weighted by molar-refractivity contribution is 0.0696. The Morgan fingerprint density at radius 1 is 1.39 bits per heavy atom. The van der Waals surface area contributed by atoms with Crippen molar-refractivity contribution in [2.75, 3.05) is 25.4 Å². The number of hydrogen-bond acceptors (Lipinski definition) is 6. The fraction of sp³-hybridized carbons (Fsp3) is 0.786. The maximum atomic E-state index is 12.4. The van der Waals surface area contributed by atoms with Gasteiger partial charge in [-0.25, -0.2) is 13.1 Å². The Bertz CT molecular complexity index is 634. The van der Waals surface area contributed by atoms with Gasteiger partial charge >= 0.3 is 0 Å². The minimum absolute atomic E-state index is 0.0173. The molecular formula is C14H24N4O3S2. The van der Waals surface area contributed by atoms with Crippen molar-refractivity contribution in [2.24, 2.45) is 11.8 Å². The molecule has 1 aliphatic rings. The van der Waals surface area contributed by atoms with Crippen LogP contribution in [0.4, 0.5) is 0 Å². The lowest BCUT2D eigenvalue weighted by Crippen LogP contribution is -2.42. The minimum atomic E-state index is -3.20. The standard InChI is InChI=1S/C14H24N4O3S2/c1-10(2)9-23(20,21)15-8-12-4-6-18(7-5-12)14(19)13-11(3)16-17-22-13/h10,12,15H,4-9H2,1-3H3. The molecule has 0 radical (unpaired) electrons. The van der Waals surface area contributed by atoms with Crippen LogP contribution in [0.3, 0.4) is 0 Å². The van der Waals surface area contributed by atoms with Crippen LogP contribution >= 0.6 is 11.5 Å². The fourth-order valence-corrected chi connectivity index (χ4v) is 4.76. The Morgan fingerprint density at radius 3 is 2.57 bits per heavy atom. The van der Waals surface area contributed by atoms with E-state index in [0.29, 0.717) is 30.2 Å². The van der Waals surface area contributed by atoms with E-state index in [2.05, 4.69) is 14.3 Å². The molecule has 23 heavy (non-hydrogen) atoms. The predicted molar refractivity (Wildman–Crippen MR) is 89.9 cm³/mol. The summed E-state index contributed by atoms with van der Waals surface area (Å²) in [5, 5.41) is 3.87. The third kappa shape index (κ3) is 5.22. The smallest absolute Gasteiger partial charge is 0.267 e. The van der Waals surface area contributed by atoms with Gasteiger partial charge in [0.15, 0.2) is 0 Å². The van der Waals surface area contributed by atoms with Gasteiger partial charge in [0.1, 0.15) is 4.88 Å². The van der Waals surface area contributed by atoms with E-state index in [0.717, 1.165) is 24.4 Å². The number of aromatic nitrogens is 2. The van der Waals surface area contributed by atoms with Crippen LogP contribution in [0.15, 0.2) is 0 Å². The Balaban J connectivity index is 1.80. The van der Waals surface area contributed by atoms with E-state index >= 15 is 0 Å². The molecule has 9 heteroatoms. The number of nitrogens with zero attached hydrogens (tertiary/aromatic N) is 3. The summed E-state index contributed by atoms with van der Waals surface area (Å²) in [5.41, 5.74) is 0.670. The molecule has 0 saturated carbocycles. The second-order valence-corrected chi connectivity index (χ2v) is 9.05. The highest BCUT2D eigenvalue weighted by atomic mass is 32.2. The zero-order chi connectivity index (χ0) is 17.0.